The number of benzene rings is 1. The Labute approximate surface area is 125 Å². The van der Waals surface area contributed by atoms with Gasteiger partial charge in [0.15, 0.2) is 0 Å². The molecule has 0 saturated heterocycles. The van der Waals surface area contributed by atoms with Crippen molar-refractivity contribution in [1.29, 1.82) is 0 Å². The fraction of sp³-hybridized carbons (Fsp3) is 0.647. The van der Waals surface area contributed by atoms with Gasteiger partial charge in [0.25, 0.3) is 0 Å². The van der Waals surface area contributed by atoms with Gasteiger partial charge >= 0.3 is 0 Å². The fourth-order valence-corrected chi connectivity index (χ4v) is 4.46. The van der Waals surface area contributed by atoms with Crippen LogP contribution in [0, 0.1) is 0 Å². The molecule has 0 amide bonds. The van der Waals surface area contributed by atoms with Crippen molar-refractivity contribution in [1.82, 2.24) is 5.32 Å². The van der Waals surface area contributed by atoms with Crippen molar-refractivity contribution in [3.05, 3.63) is 29.8 Å². The molecule has 0 heterocycles. The van der Waals surface area contributed by atoms with E-state index in [4.69, 9.17) is 0 Å². The maximum absolute atomic E-state index is 12.7. The summed E-state index contributed by atoms with van der Waals surface area (Å²) in [5, 5.41) is 3.64. The minimum absolute atomic E-state index is 0.155. The molecule has 0 spiro atoms. The van der Waals surface area contributed by atoms with E-state index in [-0.39, 0.29) is 5.41 Å². The van der Waals surface area contributed by atoms with E-state index in [1.807, 2.05) is 7.05 Å². The van der Waals surface area contributed by atoms with Gasteiger partial charge in [-0.2, -0.15) is 0 Å². The predicted molar refractivity (Wildman–Crippen MR) is 86.7 cm³/mol. The molecule has 0 aliphatic heterocycles. The SMILES string of the molecule is CNC1CCCC(S(=O)c2ccc(C(C)(C)C)cc2)C1. The highest BCUT2D eigenvalue weighted by Gasteiger charge is 2.26. The van der Waals surface area contributed by atoms with Crippen LogP contribution in [0.2, 0.25) is 0 Å². The van der Waals surface area contributed by atoms with Crippen molar-refractivity contribution in [2.75, 3.05) is 7.05 Å². The minimum Gasteiger partial charge on any atom is -0.317 e. The zero-order valence-corrected chi connectivity index (χ0v) is 13.9. The molecule has 0 aromatic heterocycles. The highest BCUT2D eigenvalue weighted by molar-refractivity contribution is 7.85. The molecule has 1 aromatic rings. The van der Waals surface area contributed by atoms with E-state index in [9.17, 15) is 4.21 Å². The summed E-state index contributed by atoms with van der Waals surface area (Å²) in [5.41, 5.74) is 1.46. The Morgan fingerprint density at radius 3 is 2.35 bits per heavy atom. The number of rotatable bonds is 3. The number of nitrogens with one attached hydrogen (secondary N) is 1. The van der Waals surface area contributed by atoms with Crippen LogP contribution in [0.1, 0.15) is 52.0 Å². The second-order valence-corrected chi connectivity index (χ2v) is 8.58. The van der Waals surface area contributed by atoms with Gasteiger partial charge in [0.05, 0.1) is 10.8 Å². The van der Waals surface area contributed by atoms with Crippen LogP contribution in [0.4, 0.5) is 0 Å². The predicted octanol–water partition coefficient (Wildman–Crippen LogP) is 3.62. The first-order valence-electron chi connectivity index (χ1n) is 7.60. The molecule has 1 fully saturated rings. The van der Waals surface area contributed by atoms with Crippen molar-refractivity contribution in [3.8, 4) is 0 Å². The van der Waals surface area contributed by atoms with Gasteiger partial charge in [-0.25, -0.2) is 0 Å². The zero-order chi connectivity index (χ0) is 14.8. The molecule has 20 heavy (non-hydrogen) atoms. The van der Waals surface area contributed by atoms with Gasteiger partial charge in [-0.3, -0.25) is 4.21 Å². The molecule has 1 N–H and O–H groups in total. The monoisotopic (exact) mass is 293 g/mol. The van der Waals surface area contributed by atoms with Gasteiger partial charge in [-0.05, 0) is 49.4 Å². The summed E-state index contributed by atoms with van der Waals surface area (Å²) in [5.74, 6) is 0. The smallest absolute Gasteiger partial charge is 0.0561 e. The summed E-state index contributed by atoms with van der Waals surface area (Å²) in [6.45, 7) is 6.62. The third kappa shape index (κ3) is 3.70. The van der Waals surface area contributed by atoms with Gasteiger partial charge in [0, 0.05) is 16.2 Å². The van der Waals surface area contributed by atoms with Crippen molar-refractivity contribution >= 4 is 10.8 Å². The van der Waals surface area contributed by atoms with Gasteiger partial charge in [0.1, 0.15) is 0 Å². The van der Waals surface area contributed by atoms with E-state index < -0.39 is 10.8 Å². The average Bonchev–Trinajstić information content (AvgIpc) is 2.46. The van der Waals surface area contributed by atoms with Crippen molar-refractivity contribution in [2.24, 2.45) is 0 Å². The summed E-state index contributed by atoms with van der Waals surface area (Å²) >= 11 is 0. The van der Waals surface area contributed by atoms with E-state index in [2.05, 4.69) is 50.4 Å². The van der Waals surface area contributed by atoms with E-state index in [0.29, 0.717) is 11.3 Å². The van der Waals surface area contributed by atoms with Gasteiger partial charge in [-0.15, -0.1) is 0 Å². The van der Waals surface area contributed by atoms with E-state index >= 15 is 0 Å². The van der Waals surface area contributed by atoms with Crippen LogP contribution in [-0.4, -0.2) is 22.5 Å². The van der Waals surface area contributed by atoms with E-state index in [1.165, 1.54) is 18.4 Å². The standard InChI is InChI=1S/C17H27NOS/c1-17(2,3)13-8-10-15(11-9-13)20(19)16-7-5-6-14(12-16)18-4/h8-11,14,16,18H,5-7,12H2,1-4H3. The van der Waals surface area contributed by atoms with Crippen LogP contribution in [0.5, 0.6) is 0 Å². The van der Waals surface area contributed by atoms with E-state index in [0.717, 1.165) is 17.7 Å². The van der Waals surface area contributed by atoms with Crippen LogP contribution in [0.25, 0.3) is 0 Å². The highest BCUT2D eigenvalue weighted by Crippen LogP contribution is 2.28. The third-order valence-electron chi connectivity index (χ3n) is 4.29. The average molecular weight is 293 g/mol. The lowest BCUT2D eigenvalue weighted by Gasteiger charge is -2.28. The van der Waals surface area contributed by atoms with Crippen LogP contribution in [0.15, 0.2) is 29.2 Å². The van der Waals surface area contributed by atoms with Crippen LogP contribution in [0.3, 0.4) is 0 Å². The molecule has 1 aliphatic carbocycles. The Kier molecular flexibility index (Phi) is 5.03. The lowest BCUT2D eigenvalue weighted by molar-refractivity contribution is 0.398. The summed E-state index contributed by atoms with van der Waals surface area (Å²) in [6.07, 6.45) is 4.52. The Morgan fingerprint density at radius 2 is 1.80 bits per heavy atom. The molecule has 1 saturated carbocycles. The number of hydrogen-bond acceptors (Lipinski definition) is 2. The molecule has 112 valence electrons. The topological polar surface area (TPSA) is 29.1 Å². The van der Waals surface area contributed by atoms with Crippen LogP contribution >= 0.6 is 0 Å². The summed E-state index contributed by atoms with van der Waals surface area (Å²) in [4.78, 5) is 0.986. The van der Waals surface area contributed by atoms with Crippen molar-refractivity contribution in [3.63, 3.8) is 0 Å². The van der Waals surface area contributed by atoms with Gasteiger partial charge in [-0.1, -0.05) is 39.3 Å². The van der Waals surface area contributed by atoms with Crippen LogP contribution in [-0.2, 0) is 16.2 Å². The highest BCUT2D eigenvalue weighted by atomic mass is 32.2. The molecule has 2 rings (SSSR count). The molecule has 2 nitrogen and oxygen atoms in total. The van der Waals surface area contributed by atoms with E-state index in [1.54, 1.807) is 0 Å². The first-order valence-corrected chi connectivity index (χ1v) is 8.81. The second kappa shape index (κ2) is 6.40. The Hall–Kier alpha value is -0.670. The molecule has 3 heteroatoms. The van der Waals surface area contributed by atoms with Crippen molar-refractivity contribution < 1.29 is 4.21 Å². The summed E-state index contributed by atoms with van der Waals surface area (Å²) in [7, 11) is 1.14. The molecule has 1 aromatic carbocycles. The first kappa shape index (κ1) is 15.7. The lowest BCUT2D eigenvalue weighted by atomic mass is 9.87. The normalized spacial score (nSPS) is 25.4. The molecule has 0 bridgehead atoms. The maximum Gasteiger partial charge on any atom is 0.0561 e. The maximum atomic E-state index is 12.7. The summed E-state index contributed by atoms with van der Waals surface area (Å²) < 4.78 is 12.7. The molecule has 3 atom stereocenters. The number of hydrogen-bond donors (Lipinski definition) is 1. The van der Waals surface area contributed by atoms with Gasteiger partial charge < -0.3 is 5.32 Å². The Bertz CT molecular complexity index is 461. The van der Waals surface area contributed by atoms with Gasteiger partial charge in [0.2, 0.25) is 0 Å². The Morgan fingerprint density at radius 1 is 1.15 bits per heavy atom. The van der Waals surface area contributed by atoms with Crippen LogP contribution < -0.4 is 5.32 Å². The minimum atomic E-state index is -0.867. The molecule has 3 unspecified atom stereocenters. The molecular weight excluding hydrogens is 266 g/mol. The zero-order valence-electron chi connectivity index (χ0n) is 13.1. The Balaban J connectivity index is 2.09. The lowest BCUT2D eigenvalue weighted by Crippen LogP contribution is -2.35. The largest absolute Gasteiger partial charge is 0.317 e. The molecular formula is C17H27NOS. The molecule has 1 aliphatic rings. The fourth-order valence-electron chi connectivity index (χ4n) is 2.88. The third-order valence-corrected chi connectivity index (χ3v) is 6.06. The molecule has 0 radical (unpaired) electrons. The van der Waals surface area contributed by atoms with Crippen molar-refractivity contribution in [2.45, 2.75) is 68.1 Å². The summed E-state index contributed by atoms with van der Waals surface area (Å²) in [6, 6.07) is 8.91. The first-order chi connectivity index (χ1) is 9.41. The quantitative estimate of drug-likeness (QED) is 0.922. The second-order valence-electron chi connectivity index (χ2n) is 6.85.